The van der Waals surface area contributed by atoms with Crippen LogP contribution in [0.5, 0.6) is 0 Å². The minimum Gasteiger partial charge on any atom is -0.324 e. The third-order valence-electron chi connectivity index (χ3n) is 3.31. The molecule has 1 aromatic rings. The molecule has 0 aromatic heterocycles. The van der Waals surface area contributed by atoms with Crippen LogP contribution in [0, 0.1) is 5.82 Å². The van der Waals surface area contributed by atoms with Crippen molar-refractivity contribution in [3.63, 3.8) is 0 Å². The first-order chi connectivity index (χ1) is 8.70. The second-order valence-corrected chi connectivity index (χ2v) is 4.46. The van der Waals surface area contributed by atoms with Crippen molar-refractivity contribution in [2.24, 2.45) is 0 Å². The number of piperidine rings is 1. The first kappa shape index (κ1) is 12.8. The zero-order valence-electron chi connectivity index (χ0n) is 10.4. The molecule has 1 aliphatic rings. The van der Waals surface area contributed by atoms with Crippen LogP contribution < -0.4 is 10.6 Å². The number of carbonyl (C=O) groups is 1. The number of anilines is 1. The van der Waals surface area contributed by atoms with Gasteiger partial charge in [0.2, 0.25) is 0 Å². The second-order valence-electron chi connectivity index (χ2n) is 4.46. The third kappa shape index (κ3) is 2.98. The monoisotopic (exact) mass is 251 g/mol. The maximum absolute atomic E-state index is 13.4. The van der Waals surface area contributed by atoms with Crippen LogP contribution in [0.3, 0.4) is 0 Å². The lowest BCUT2D eigenvalue weighted by Gasteiger charge is -2.31. The van der Waals surface area contributed by atoms with Crippen LogP contribution in [0.25, 0.3) is 0 Å². The molecule has 2 N–H and O–H groups in total. The van der Waals surface area contributed by atoms with E-state index in [1.807, 2.05) is 7.05 Å². The van der Waals surface area contributed by atoms with E-state index < -0.39 is 5.82 Å². The Kier molecular flexibility index (Phi) is 4.15. The van der Waals surface area contributed by atoms with E-state index >= 15 is 0 Å². The molecule has 0 unspecified atom stereocenters. The van der Waals surface area contributed by atoms with Gasteiger partial charge >= 0.3 is 6.03 Å². The summed E-state index contributed by atoms with van der Waals surface area (Å²) in [7, 11) is 1.93. The molecule has 2 rings (SSSR count). The molecule has 1 aromatic carbocycles. The van der Waals surface area contributed by atoms with E-state index in [0.717, 1.165) is 12.8 Å². The third-order valence-corrected chi connectivity index (χ3v) is 3.31. The second kappa shape index (κ2) is 5.82. The quantitative estimate of drug-likeness (QED) is 0.845. The summed E-state index contributed by atoms with van der Waals surface area (Å²) in [5, 5.41) is 5.81. The van der Waals surface area contributed by atoms with Crippen molar-refractivity contribution in [2.75, 3.05) is 25.5 Å². The molecule has 0 atom stereocenters. The summed E-state index contributed by atoms with van der Waals surface area (Å²) in [6, 6.07) is 6.45. The Hall–Kier alpha value is -1.62. The van der Waals surface area contributed by atoms with E-state index in [2.05, 4.69) is 10.6 Å². The smallest absolute Gasteiger partial charge is 0.321 e. The van der Waals surface area contributed by atoms with Gasteiger partial charge in [-0.25, -0.2) is 9.18 Å². The summed E-state index contributed by atoms with van der Waals surface area (Å²) in [6.45, 7) is 1.40. The summed E-state index contributed by atoms with van der Waals surface area (Å²) in [5.41, 5.74) is 0.234. The van der Waals surface area contributed by atoms with Crippen molar-refractivity contribution in [3.8, 4) is 0 Å². The van der Waals surface area contributed by atoms with Gasteiger partial charge in [-0.2, -0.15) is 0 Å². The molecule has 4 nitrogen and oxygen atoms in total. The highest BCUT2D eigenvalue weighted by Crippen LogP contribution is 2.15. The van der Waals surface area contributed by atoms with Gasteiger partial charge in [-0.05, 0) is 32.0 Å². The average molecular weight is 251 g/mol. The standard InChI is InChI=1S/C13H18FN3O/c1-15-10-6-8-17(9-7-10)13(18)16-12-5-3-2-4-11(12)14/h2-5,10,15H,6-9H2,1H3,(H,16,18). The van der Waals surface area contributed by atoms with Crippen LogP contribution in [0.1, 0.15) is 12.8 Å². The largest absolute Gasteiger partial charge is 0.324 e. The predicted octanol–water partition coefficient (Wildman–Crippen LogP) is 2.04. The number of hydrogen-bond donors (Lipinski definition) is 2. The topological polar surface area (TPSA) is 44.4 Å². The molecule has 98 valence electrons. The maximum atomic E-state index is 13.4. The molecule has 0 bridgehead atoms. The van der Waals surface area contributed by atoms with Gasteiger partial charge in [0, 0.05) is 19.1 Å². The van der Waals surface area contributed by atoms with Crippen LogP contribution in [0.4, 0.5) is 14.9 Å². The lowest BCUT2D eigenvalue weighted by atomic mass is 10.1. The molecule has 0 spiro atoms. The Morgan fingerprint density at radius 3 is 2.61 bits per heavy atom. The van der Waals surface area contributed by atoms with Gasteiger partial charge < -0.3 is 15.5 Å². The minimum absolute atomic E-state index is 0.227. The number of nitrogens with one attached hydrogen (secondary N) is 2. The first-order valence-electron chi connectivity index (χ1n) is 6.18. The molecular weight excluding hydrogens is 233 g/mol. The van der Waals surface area contributed by atoms with Gasteiger partial charge in [-0.3, -0.25) is 0 Å². The van der Waals surface area contributed by atoms with Gasteiger partial charge in [-0.1, -0.05) is 12.1 Å². The Balaban J connectivity index is 1.91. The van der Waals surface area contributed by atoms with Crippen LogP contribution in [-0.2, 0) is 0 Å². The van der Waals surface area contributed by atoms with E-state index in [4.69, 9.17) is 0 Å². The normalized spacial score (nSPS) is 16.7. The fourth-order valence-electron chi connectivity index (χ4n) is 2.13. The lowest BCUT2D eigenvalue weighted by molar-refractivity contribution is 0.190. The number of carbonyl (C=O) groups excluding carboxylic acids is 1. The number of rotatable bonds is 2. The number of likely N-dealkylation sites (tertiary alicyclic amines) is 1. The van der Waals surface area contributed by atoms with Crippen molar-refractivity contribution in [1.29, 1.82) is 0 Å². The number of benzene rings is 1. The van der Waals surface area contributed by atoms with Crippen molar-refractivity contribution in [2.45, 2.75) is 18.9 Å². The zero-order chi connectivity index (χ0) is 13.0. The molecule has 1 fully saturated rings. The van der Waals surface area contributed by atoms with Crippen LogP contribution in [0.2, 0.25) is 0 Å². The van der Waals surface area contributed by atoms with E-state index in [1.165, 1.54) is 6.07 Å². The minimum atomic E-state index is -0.407. The summed E-state index contributed by atoms with van der Waals surface area (Å²) in [5.74, 6) is -0.407. The van der Waals surface area contributed by atoms with Crippen molar-refractivity contribution in [3.05, 3.63) is 30.1 Å². The SMILES string of the molecule is CNC1CCN(C(=O)Nc2ccccc2F)CC1. The molecule has 1 saturated heterocycles. The molecule has 0 radical (unpaired) electrons. The fourth-order valence-corrected chi connectivity index (χ4v) is 2.13. The highest BCUT2D eigenvalue weighted by molar-refractivity contribution is 5.89. The Morgan fingerprint density at radius 2 is 2.00 bits per heavy atom. The molecule has 18 heavy (non-hydrogen) atoms. The summed E-state index contributed by atoms with van der Waals surface area (Å²) >= 11 is 0. The van der Waals surface area contributed by atoms with Gasteiger partial charge in [0.1, 0.15) is 5.82 Å². The highest BCUT2D eigenvalue weighted by atomic mass is 19.1. The molecule has 2 amide bonds. The summed E-state index contributed by atoms with van der Waals surface area (Å²) < 4.78 is 13.4. The fraction of sp³-hybridized carbons (Fsp3) is 0.462. The first-order valence-corrected chi connectivity index (χ1v) is 6.18. The highest BCUT2D eigenvalue weighted by Gasteiger charge is 2.22. The van der Waals surface area contributed by atoms with E-state index in [1.54, 1.807) is 23.1 Å². The number of amides is 2. The average Bonchev–Trinajstić information content (AvgIpc) is 2.41. The molecular formula is C13H18FN3O. The van der Waals surface area contributed by atoms with Crippen molar-refractivity contribution < 1.29 is 9.18 Å². The Bertz CT molecular complexity index is 416. The van der Waals surface area contributed by atoms with E-state index in [0.29, 0.717) is 19.1 Å². The number of hydrogen-bond acceptors (Lipinski definition) is 2. The zero-order valence-corrected chi connectivity index (χ0v) is 10.4. The molecule has 0 saturated carbocycles. The number of halogens is 1. The number of nitrogens with zero attached hydrogens (tertiary/aromatic N) is 1. The van der Waals surface area contributed by atoms with Gasteiger partial charge in [0.25, 0.3) is 0 Å². The predicted molar refractivity (Wildman–Crippen MR) is 69.1 cm³/mol. The van der Waals surface area contributed by atoms with Crippen LogP contribution in [-0.4, -0.2) is 37.1 Å². The van der Waals surface area contributed by atoms with E-state index in [-0.39, 0.29) is 11.7 Å². The maximum Gasteiger partial charge on any atom is 0.321 e. The molecule has 1 aliphatic heterocycles. The summed E-state index contributed by atoms with van der Waals surface area (Å²) in [4.78, 5) is 13.7. The van der Waals surface area contributed by atoms with Gasteiger partial charge in [0.15, 0.2) is 0 Å². The summed E-state index contributed by atoms with van der Waals surface area (Å²) in [6.07, 6.45) is 1.86. The van der Waals surface area contributed by atoms with Crippen LogP contribution in [0.15, 0.2) is 24.3 Å². The van der Waals surface area contributed by atoms with Crippen molar-refractivity contribution >= 4 is 11.7 Å². The van der Waals surface area contributed by atoms with Gasteiger partial charge in [0.05, 0.1) is 5.69 Å². The van der Waals surface area contributed by atoms with Crippen molar-refractivity contribution in [1.82, 2.24) is 10.2 Å². The number of urea groups is 1. The Morgan fingerprint density at radius 1 is 1.33 bits per heavy atom. The number of para-hydroxylation sites is 1. The molecule has 0 aliphatic carbocycles. The lowest BCUT2D eigenvalue weighted by Crippen LogP contribution is -2.45. The van der Waals surface area contributed by atoms with E-state index in [9.17, 15) is 9.18 Å². The molecule has 5 heteroatoms. The van der Waals surface area contributed by atoms with Gasteiger partial charge in [-0.15, -0.1) is 0 Å². The Labute approximate surface area is 106 Å². The van der Waals surface area contributed by atoms with Crippen LogP contribution >= 0.6 is 0 Å². The molecule has 1 heterocycles.